The van der Waals surface area contributed by atoms with Crippen LogP contribution in [0.5, 0.6) is 0 Å². The van der Waals surface area contributed by atoms with E-state index < -0.39 is 0 Å². The van der Waals surface area contributed by atoms with Crippen LogP contribution >= 0.6 is 11.8 Å². The minimum atomic E-state index is 0.213. The third kappa shape index (κ3) is 4.23. The quantitative estimate of drug-likeness (QED) is 0.711. The van der Waals surface area contributed by atoms with E-state index in [9.17, 15) is 4.79 Å². The van der Waals surface area contributed by atoms with Crippen molar-refractivity contribution in [1.82, 2.24) is 19.7 Å². The van der Waals surface area contributed by atoms with Gasteiger partial charge in [-0.1, -0.05) is 37.9 Å². The average Bonchev–Trinajstić information content (AvgIpc) is 3.37. The maximum absolute atomic E-state index is 12.6. The highest BCUT2D eigenvalue weighted by molar-refractivity contribution is 7.99. The molecule has 0 bridgehead atoms. The molecule has 2 aliphatic rings. The molecule has 1 saturated carbocycles. The maximum atomic E-state index is 12.6. The van der Waals surface area contributed by atoms with Gasteiger partial charge in [-0.25, -0.2) is 0 Å². The second-order valence-electron chi connectivity index (χ2n) is 7.80. The van der Waals surface area contributed by atoms with Crippen LogP contribution in [0.25, 0.3) is 11.6 Å². The van der Waals surface area contributed by atoms with Crippen molar-refractivity contribution in [1.29, 1.82) is 0 Å². The number of piperidine rings is 1. The standard InChI is InChI=1S/C20H28N4O2S/c1-15-9-11-23(12-10-15)18(25)14-27-20-22-21-19(17-8-5-13-26-17)24(20)16-6-3-2-4-7-16/h5,8,13,15-16H,2-4,6-7,9-12,14H2,1H3. The smallest absolute Gasteiger partial charge is 0.233 e. The number of amides is 1. The lowest BCUT2D eigenvalue weighted by atomic mass is 9.95. The first kappa shape index (κ1) is 18.6. The Morgan fingerprint density at radius 2 is 1.96 bits per heavy atom. The van der Waals surface area contributed by atoms with Gasteiger partial charge in [0.05, 0.1) is 12.0 Å². The van der Waals surface area contributed by atoms with E-state index in [4.69, 9.17) is 4.42 Å². The Hall–Kier alpha value is -1.76. The number of hydrogen-bond donors (Lipinski definition) is 0. The summed E-state index contributed by atoms with van der Waals surface area (Å²) < 4.78 is 7.80. The normalized spacial score (nSPS) is 19.5. The highest BCUT2D eigenvalue weighted by atomic mass is 32.2. The number of likely N-dealkylation sites (tertiary alicyclic amines) is 1. The van der Waals surface area contributed by atoms with Crippen LogP contribution in [0, 0.1) is 5.92 Å². The van der Waals surface area contributed by atoms with Crippen LogP contribution in [0.15, 0.2) is 28.0 Å². The summed E-state index contributed by atoms with van der Waals surface area (Å²) in [6, 6.07) is 4.20. The molecule has 3 heterocycles. The SMILES string of the molecule is CC1CCN(C(=O)CSc2nnc(-c3ccco3)n2C2CCCCC2)CC1. The number of carbonyl (C=O) groups is 1. The summed E-state index contributed by atoms with van der Waals surface area (Å²) in [4.78, 5) is 14.6. The lowest BCUT2D eigenvalue weighted by Crippen LogP contribution is -2.39. The van der Waals surface area contributed by atoms with Gasteiger partial charge in [-0.3, -0.25) is 9.36 Å². The summed E-state index contributed by atoms with van der Waals surface area (Å²) in [5, 5.41) is 9.67. The molecule has 0 aromatic carbocycles. The van der Waals surface area contributed by atoms with Gasteiger partial charge in [0.1, 0.15) is 0 Å². The Balaban J connectivity index is 1.49. The van der Waals surface area contributed by atoms with Crippen LogP contribution in [0.3, 0.4) is 0 Å². The first-order chi connectivity index (χ1) is 13.2. The van der Waals surface area contributed by atoms with E-state index >= 15 is 0 Å². The van der Waals surface area contributed by atoms with Crippen LogP contribution in [0.1, 0.15) is 57.9 Å². The third-order valence-electron chi connectivity index (χ3n) is 5.81. The van der Waals surface area contributed by atoms with Crippen molar-refractivity contribution in [2.24, 2.45) is 5.92 Å². The molecule has 7 heteroatoms. The van der Waals surface area contributed by atoms with Gasteiger partial charge in [-0.2, -0.15) is 0 Å². The number of furan rings is 1. The van der Waals surface area contributed by atoms with Gasteiger partial charge in [0.25, 0.3) is 0 Å². The number of rotatable bonds is 5. The van der Waals surface area contributed by atoms with Crippen molar-refractivity contribution < 1.29 is 9.21 Å². The molecule has 4 rings (SSSR count). The Labute approximate surface area is 164 Å². The molecular formula is C20H28N4O2S. The molecule has 1 aliphatic heterocycles. The topological polar surface area (TPSA) is 64.2 Å². The monoisotopic (exact) mass is 388 g/mol. The zero-order valence-electron chi connectivity index (χ0n) is 16.0. The molecule has 0 radical (unpaired) electrons. The summed E-state index contributed by atoms with van der Waals surface area (Å²) in [7, 11) is 0. The molecule has 0 N–H and O–H groups in total. The van der Waals surface area contributed by atoms with Crippen molar-refractivity contribution in [3.63, 3.8) is 0 Å². The van der Waals surface area contributed by atoms with Crippen LogP contribution in [-0.4, -0.2) is 44.4 Å². The fourth-order valence-corrected chi connectivity index (χ4v) is 5.00. The van der Waals surface area contributed by atoms with Gasteiger partial charge in [0, 0.05) is 19.1 Å². The molecule has 6 nitrogen and oxygen atoms in total. The molecule has 2 aromatic heterocycles. The lowest BCUT2D eigenvalue weighted by molar-refractivity contribution is -0.129. The zero-order valence-corrected chi connectivity index (χ0v) is 16.8. The molecule has 0 atom stereocenters. The summed E-state index contributed by atoms with van der Waals surface area (Å²) >= 11 is 1.52. The van der Waals surface area contributed by atoms with E-state index in [0.717, 1.165) is 61.4 Å². The third-order valence-corrected chi connectivity index (χ3v) is 6.73. The summed E-state index contributed by atoms with van der Waals surface area (Å²) in [6.45, 7) is 4.03. The summed E-state index contributed by atoms with van der Waals surface area (Å²) in [5.74, 6) is 2.90. The van der Waals surface area contributed by atoms with Crippen LogP contribution in [0.4, 0.5) is 0 Å². The predicted molar refractivity (Wildman–Crippen MR) is 106 cm³/mol. The number of hydrogen-bond acceptors (Lipinski definition) is 5. The predicted octanol–water partition coefficient (Wildman–Crippen LogP) is 4.39. The van der Waals surface area contributed by atoms with Crippen molar-refractivity contribution >= 4 is 17.7 Å². The van der Waals surface area contributed by atoms with Gasteiger partial charge >= 0.3 is 0 Å². The lowest BCUT2D eigenvalue weighted by Gasteiger charge is -2.30. The molecule has 1 saturated heterocycles. The minimum Gasteiger partial charge on any atom is -0.461 e. The Morgan fingerprint density at radius 3 is 2.67 bits per heavy atom. The fourth-order valence-electron chi connectivity index (χ4n) is 4.09. The zero-order chi connectivity index (χ0) is 18.6. The van der Waals surface area contributed by atoms with Crippen molar-refractivity contribution in [3.8, 4) is 11.6 Å². The minimum absolute atomic E-state index is 0.213. The number of carbonyl (C=O) groups excluding carboxylic acids is 1. The molecule has 2 fully saturated rings. The first-order valence-corrected chi connectivity index (χ1v) is 11.1. The van der Waals surface area contributed by atoms with Crippen molar-refractivity contribution in [2.75, 3.05) is 18.8 Å². The summed E-state index contributed by atoms with van der Waals surface area (Å²) in [5.41, 5.74) is 0. The fraction of sp³-hybridized carbons (Fsp3) is 0.650. The highest BCUT2D eigenvalue weighted by Gasteiger charge is 2.26. The van der Waals surface area contributed by atoms with Gasteiger partial charge in [0.2, 0.25) is 11.7 Å². The largest absolute Gasteiger partial charge is 0.461 e. The molecule has 0 spiro atoms. The number of aromatic nitrogens is 3. The molecule has 1 amide bonds. The van der Waals surface area contributed by atoms with Crippen molar-refractivity contribution in [2.45, 2.75) is 63.1 Å². The second kappa shape index (κ2) is 8.50. The van der Waals surface area contributed by atoms with Crippen LogP contribution in [-0.2, 0) is 4.79 Å². The molecule has 0 unspecified atom stereocenters. The maximum Gasteiger partial charge on any atom is 0.233 e. The van der Waals surface area contributed by atoms with E-state index in [1.807, 2.05) is 17.0 Å². The van der Waals surface area contributed by atoms with E-state index in [0.29, 0.717) is 11.8 Å². The first-order valence-electron chi connectivity index (χ1n) is 10.1. The van der Waals surface area contributed by atoms with Crippen LogP contribution < -0.4 is 0 Å². The Kier molecular flexibility index (Phi) is 5.86. The molecule has 27 heavy (non-hydrogen) atoms. The van der Waals surface area contributed by atoms with Gasteiger partial charge < -0.3 is 9.32 Å². The molecule has 146 valence electrons. The van der Waals surface area contributed by atoms with Gasteiger partial charge in [0.15, 0.2) is 10.9 Å². The van der Waals surface area contributed by atoms with Gasteiger partial charge in [-0.15, -0.1) is 10.2 Å². The highest BCUT2D eigenvalue weighted by Crippen LogP contribution is 2.35. The van der Waals surface area contributed by atoms with E-state index in [-0.39, 0.29) is 5.91 Å². The molecular weight excluding hydrogens is 360 g/mol. The second-order valence-corrected chi connectivity index (χ2v) is 8.74. The van der Waals surface area contributed by atoms with E-state index in [1.54, 1.807) is 6.26 Å². The Bertz CT molecular complexity index is 744. The van der Waals surface area contributed by atoms with Gasteiger partial charge in [-0.05, 0) is 43.7 Å². The number of nitrogens with zero attached hydrogens (tertiary/aromatic N) is 4. The van der Waals surface area contributed by atoms with E-state index in [2.05, 4.69) is 21.7 Å². The summed E-state index contributed by atoms with van der Waals surface area (Å²) in [6.07, 6.45) is 9.92. The van der Waals surface area contributed by atoms with Crippen molar-refractivity contribution in [3.05, 3.63) is 18.4 Å². The Morgan fingerprint density at radius 1 is 1.19 bits per heavy atom. The average molecular weight is 389 g/mol. The molecule has 2 aromatic rings. The molecule has 1 aliphatic carbocycles. The van der Waals surface area contributed by atoms with E-state index in [1.165, 1.54) is 31.0 Å². The number of thioether (sulfide) groups is 1. The van der Waals surface area contributed by atoms with Crippen LogP contribution in [0.2, 0.25) is 0 Å².